The van der Waals surface area contributed by atoms with E-state index in [0.717, 1.165) is 5.56 Å². The standard InChI is InChI=1S/C23H27Cl2N7O2/c1-4-6-28-23(33)32-12-17(19(27)13-32)22(30-14(2)26)21-18(25)8-16(24)9-20(21)34-7-5-15-10-29-31(3)11-15/h4,8-11H,1-2,5-7,12-13,26-27H2,3H3,(H,28,33). The molecular weight excluding hydrogens is 477 g/mol. The second kappa shape index (κ2) is 11.1. The third-order valence-corrected chi connectivity index (χ3v) is 5.50. The number of carbonyl (C=O) groups excluding carboxylic acids is 1. The van der Waals surface area contributed by atoms with Crippen LogP contribution in [0.4, 0.5) is 4.79 Å². The highest BCUT2D eigenvalue weighted by molar-refractivity contribution is 6.38. The molecule has 9 nitrogen and oxygen atoms in total. The lowest BCUT2D eigenvalue weighted by Gasteiger charge is -2.19. The number of benzene rings is 1. The molecule has 1 aromatic heterocycles. The van der Waals surface area contributed by atoms with Gasteiger partial charge in [-0.15, -0.1) is 6.58 Å². The molecule has 0 saturated carbocycles. The fraction of sp³-hybridized carbons (Fsp3) is 0.261. The number of ether oxygens (including phenoxy) is 1. The molecule has 0 spiro atoms. The summed E-state index contributed by atoms with van der Waals surface area (Å²) < 4.78 is 7.80. The van der Waals surface area contributed by atoms with Gasteiger partial charge in [-0.25, -0.2) is 9.79 Å². The quantitative estimate of drug-likeness (QED) is 0.358. The van der Waals surface area contributed by atoms with Gasteiger partial charge in [0.2, 0.25) is 0 Å². The zero-order valence-corrected chi connectivity index (χ0v) is 20.4. The van der Waals surface area contributed by atoms with Gasteiger partial charge in [-0.05, 0) is 17.7 Å². The van der Waals surface area contributed by atoms with Gasteiger partial charge in [-0.3, -0.25) is 4.68 Å². The predicted molar refractivity (Wildman–Crippen MR) is 135 cm³/mol. The molecule has 0 bridgehead atoms. The zero-order chi connectivity index (χ0) is 24.8. The van der Waals surface area contributed by atoms with Gasteiger partial charge in [-0.2, -0.15) is 5.10 Å². The van der Waals surface area contributed by atoms with E-state index in [1.54, 1.807) is 34.0 Å². The van der Waals surface area contributed by atoms with Gasteiger partial charge in [-0.1, -0.05) is 35.9 Å². The second-order valence-electron chi connectivity index (χ2n) is 7.67. The molecular formula is C23H27Cl2N7O2. The Morgan fingerprint density at radius 2 is 2.15 bits per heavy atom. The molecule has 0 radical (unpaired) electrons. The summed E-state index contributed by atoms with van der Waals surface area (Å²) in [6.45, 7) is 8.41. The number of halogens is 2. The van der Waals surface area contributed by atoms with Crippen molar-refractivity contribution >= 4 is 34.9 Å². The number of nitrogens with zero attached hydrogens (tertiary/aromatic N) is 4. The van der Waals surface area contributed by atoms with Crippen LogP contribution in [0.3, 0.4) is 0 Å². The number of carbonyl (C=O) groups is 1. The fourth-order valence-electron chi connectivity index (χ4n) is 3.48. The fourth-order valence-corrected chi connectivity index (χ4v) is 4.05. The summed E-state index contributed by atoms with van der Waals surface area (Å²) in [4.78, 5) is 18.4. The van der Waals surface area contributed by atoms with Crippen molar-refractivity contribution in [2.75, 3.05) is 26.2 Å². The number of aromatic nitrogens is 2. The largest absolute Gasteiger partial charge is 0.492 e. The van der Waals surface area contributed by atoms with Gasteiger partial charge >= 0.3 is 6.03 Å². The van der Waals surface area contributed by atoms with Gasteiger partial charge in [0.1, 0.15) is 11.6 Å². The summed E-state index contributed by atoms with van der Waals surface area (Å²) in [7, 11) is 1.85. The number of aliphatic imine (C=N–C) groups is 1. The Morgan fingerprint density at radius 3 is 2.79 bits per heavy atom. The molecule has 2 amide bonds. The van der Waals surface area contributed by atoms with E-state index >= 15 is 0 Å². The molecule has 2 aromatic rings. The van der Waals surface area contributed by atoms with Crippen LogP contribution in [-0.4, -0.2) is 52.7 Å². The molecule has 0 atom stereocenters. The van der Waals surface area contributed by atoms with Crippen molar-refractivity contribution in [2.24, 2.45) is 23.5 Å². The third kappa shape index (κ3) is 6.12. The van der Waals surface area contributed by atoms with Crippen LogP contribution in [0, 0.1) is 0 Å². The Balaban J connectivity index is 1.93. The highest BCUT2D eigenvalue weighted by atomic mass is 35.5. The van der Waals surface area contributed by atoms with E-state index in [2.05, 4.69) is 28.6 Å². The maximum atomic E-state index is 12.5. The number of aryl methyl sites for hydroxylation is 1. The van der Waals surface area contributed by atoms with Crippen molar-refractivity contribution in [1.82, 2.24) is 20.0 Å². The van der Waals surface area contributed by atoms with Crippen molar-refractivity contribution < 1.29 is 9.53 Å². The van der Waals surface area contributed by atoms with Crippen LogP contribution in [0.2, 0.25) is 10.0 Å². The highest BCUT2D eigenvalue weighted by Gasteiger charge is 2.30. The monoisotopic (exact) mass is 503 g/mol. The summed E-state index contributed by atoms with van der Waals surface area (Å²) in [5, 5.41) is 7.61. The molecule has 180 valence electrons. The van der Waals surface area contributed by atoms with Crippen LogP contribution in [0.25, 0.3) is 0 Å². The molecule has 0 aliphatic carbocycles. The first-order valence-electron chi connectivity index (χ1n) is 10.4. The smallest absolute Gasteiger partial charge is 0.318 e. The van der Waals surface area contributed by atoms with Gasteiger partial charge in [0.25, 0.3) is 0 Å². The van der Waals surface area contributed by atoms with Crippen molar-refractivity contribution in [3.63, 3.8) is 0 Å². The van der Waals surface area contributed by atoms with Crippen molar-refractivity contribution in [3.05, 3.63) is 82.0 Å². The SMILES string of the molecule is C=CCNC(=O)N1CC(N)=C(C(=NC(=C)N)c2c(Cl)cc(Cl)cc2OCCc2cnn(C)c2)C1. The Bertz CT molecular complexity index is 1170. The lowest BCUT2D eigenvalue weighted by atomic mass is 10.0. The van der Waals surface area contributed by atoms with Crippen LogP contribution in [0.1, 0.15) is 11.1 Å². The Morgan fingerprint density at radius 1 is 1.38 bits per heavy atom. The molecule has 5 N–H and O–H groups in total. The minimum atomic E-state index is -0.279. The minimum absolute atomic E-state index is 0.0529. The van der Waals surface area contributed by atoms with E-state index in [1.165, 1.54) is 0 Å². The molecule has 1 aliphatic rings. The number of urea groups is 1. The summed E-state index contributed by atoms with van der Waals surface area (Å²) in [6, 6.07) is 2.96. The Labute approximate surface area is 208 Å². The van der Waals surface area contributed by atoms with Gasteiger partial charge in [0.15, 0.2) is 0 Å². The van der Waals surface area contributed by atoms with Crippen molar-refractivity contribution in [2.45, 2.75) is 6.42 Å². The summed E-state index contributed by atoms with van der Waals surface area (Å²) in [5.74, 6) is 0.466. The average molecular weight is 504 g/mol. The normalized spacial score (nSPS) is 13.9. The van der Waals surface area contributed by atoms with E-state index in [4.69, 9.17) is 39.4 Å². The highest BCUT2D eigenvalue weighted by Crippen LogP contribution is 2.35. The number of rotatable bonds is 9. The van der Waals surface area contributed by atoms with Crippen molar-refractivity contribution in [1.29, 1.82) is 0 Å². The van der Waals surface area contributed by atoms with Gasteiger partial charge in [0.05, 0.1) is 42.2 Å². The van der Waals surface area contributed by atoms with E-state index in [-0.39, 0.29) is 24.9 Å². The molecule has 3 rings (SSSR count). The number of nitrogens with two attached hydrogens (primary N) is 2. The number of nitrogens with one attached hydrogen (secondary N) is 1. The molecule has 2 heterocycles. The minimum Gasteiger partial charge on any atom is -0.492 e. The van der Waals surface area contributed by atoms with Gasteiger partial charge in [0, 0.05) is 42.5 Å². The van der Waals surface area contributed by atoms with Crippen LogP contribution >= 0.6 is 23.2 Å². The van der Waals surface area contributed by atoms with E-state index < -0.39 is 0 Å². The maximum absolute atomic E-state index is 12.5. The topological polar surface area (TPSA) is 124 Å². The van der Waals surface area contributed by atoms with Crippen LogP contribution < -0.4 is 21.5 Å². The number of hydrogen-bond acceptors (Lipinski definition) is 6. The molecule has 34 heavy (non-hydrogen) atoms. The molecule has 0 fully saturated rings. The molecule has 0 saturated heterocycles. The third-order valence-electron chi connectivity index (χ3n) is 4.99. The van der Waals surface area contributed by atoms with E-state index in [0.29, 0.717) is 57.9 Å². The zero-order valence-electron chi connectivity index (χ0n) is 18.9. The number of hydrogen-bond donors (Lipinski definition) is 3. The first kappa shape index (κ1) is 25.2. The Kier molecular flexibility index (Phi) is 8.25. The summed E-state index contributed by atoms with van der Waals surface area (Å²) in [6.07, 6.45) is 5.91. The number of amides is 2. The van der Waals surface area contributed by atoms with Crippen LogP contribution in [-0.2, 0) is 13.5 Å². The van der Waals surface area contributed by atoms with E-state index in [9.17, 15) is 4.79 Å². The first-order valence-corrected chi connectivity index (χ1v) is 11.2. The maximum Gasteiger partial charge on any atom is 0.318 e. The molecule has 0 unspecified atom stereocenters. The average Bonchev–Trinajstić information content (AvgIpc) is 3.35. The van der Waals surface area contributed by atoms with Gasteiger partial charge < -0.3 is 26.4 Å². The predicted octanol–water partition coefficient (Wildman–Crippen LogP) is 2.99. The lowest BCUT2D eigenvalue weighted by molar-refractivity contribution is 0.211. The lowest BCUT2D eigenvalue weighted by Crippen LogP contribution is -2.39. The summed E-state index contributed by atoms with van der Waals surface area (Å²) in [5.41, 5.74) is 15.1. The molecule has 1 aliphatic heterocycles. The molecule has 1 aromatic carbocycles. The molecule has 11 heteroatoms. The summed E-state index contributed by atoms with van der Waals surface area (Å²) >= 11 is 12.9. The van der Waals surface area contributed by atoms with Crippen LogP contribution in [0.5, 0.6) is 5.75 Å². The second-order valence-corrected chi connectivity index (χ2v) is 8.51. The first-order chi connectivity index (χ1) is 16.2. The van der Waals surface area contributed by atoms with Crippen LogP contribution in [0.15, 0.2) is 65.8 Å². The Hall–Kier alpha value is -3.43. The van der Waals surface area contributed by atoms with Crippen molar-refractivity contribution in [3.8, 4) is 5.75 Å². The van der Waals surface area contributed by atoms with E-state index in [1.807, 2.05) is 13.2 Å².